The van der Waals surface area contributed by atoms with Gasteiger partial charge in [0.25, 0.3) is 5.91 Å². The molecule has 7 nitrogen and oxygen atoms in total. The molecule has 0 radical (unpaired) electrons. The molecule has 1 atom stereocenters. The van der Waals surface area contributed by atoms with E-state index in [9.17, 15) is 17.6 Å². The van der Waals surface area contributed by atoms with Gasteiger partial charge in [-0.05, 0) is 35.9 Å². The largest absolute Gasteiger partial charge is 0.338 e. The van der Waals surface area contributed by atoms with Gasteiger partial charge in [0, 0.05) is 33.5 Å². The van der Waals surface area contributed by atoms with Gasteiger partial charge in [-0.3, -0.25) is 4.79 Å². The molecule has 10 heteroatoms. The van der Waals surface area contributed by atoms with Crippen molar-refractivity contribution in [1.82, 2.24) is 19.2 Å². The second-order valence-corrected chi connectivity index (χ2v) is 9.34. The number of halogens is 2. The number of benzene rings is 2. The van der Waals surface area contributed by atoms with Gasteiger partial charge in [-0.2, -0.15) is 0 Å². The van der Waals surface area contributed by atoms with E-state index in [-0.39, 0.29) is 15.5 Å². The smallest absolute Gasteiger partial charge is 0.253 e. The number of hydrogen-bond acceptors (Lipinski definition) is 4. The predicted molar refractivity (Wildman–Crippen MR) is 111 cm³/mol. The first-order valence-corrected chi connectivity index (χ1v) is 10.7. The first-order chi connectivity index (χ1) is 14.1. The molecule has 158 valence electrons. The van der Waals surface area contributed by atoms with Gasteiger partial charge in [-0.1, -0.05) is 23.7 Å². The van der Waals surface area contributed by atoms with Crippen molar-refractivity contribution >= 4 is 27.5 Å². The monoisotopic (exact) mass is 450 g/mol. The summed E-state index contributed by atoms with van der Waals surface area (Å²) in [5.74, 6) is -0.482. The van der Waals surface area contributed by atoms with E-state index in [0.29, 0.717) is 11.4 Å². The molecular weight excluding hydrogens is 431 g/mol. The summed E-state index contributed by atoms with van der Waals surface area (Å²) in [4.78, 5) is 17.3. The molecule has 1 N–H and O–H groups in total. The van der Waals surface area contributed by atoms with Crippen molar-refractivity contribution in [3.05, 3.63) is 82.6 Å². The van der Waals surface area contributed by atoms with Crippen LogP contribution in [0, 0.1) is 5.82 Å². The van der Waals surface area contributed by atoms with E-state index < -0.39 is 27.8 Å². The lowest BCUT2D eigenvalue weighted by Gasteiger charge is -2.20. The summed E-state index contributed by atoms with van der Waals surface area (Å²) in [5.41, 5.74) is 0.605. The van der Waals surface area contributed by atoms with Crippen molar-refractivity contribution in [2.24, 2.45) is 7.05 Å². The van der Waals surface area contributed by atoms with Crippen LogP contribution in [0.2, 0.25) is 5.02 Å². The summed E-state index contributed by atoms with van der Waals surface area (Å²) in [6.45, 7) is 0. The Bertz CT molecular complexity index is 1180. The Balaban J connectivity index is 2.01. The number of aryl methyl sites for hydroxylation is 1. The normalized spacial score (nSPS) is 12.7. The fourth-order valence-corrected chi connectivity index (χ4v) is 4.00. The topological polar surface area (TPSA) is 84.3 Å². The van der Waals surface area contributed by atoms with E-state index >= 15 is 0 Å². The Labute approximate surface area is 179 Å². The van der Waals surface area contributed by atoms with Crippen molar-refractivity contribution in [2.75, 3.05) is 14.1 Å². The maximum Gasteiger partial charge on any atom is 0.253 e. The van der Waals surface area contributed by atoms with Crippen LogP contribution in [-0.4, -0.2) is 42.3 Å². The van der Waals surface area contributed by atoms with Gasteiger partial charge < -0.3 is 9.88 Å². The molecule has 0 spiro atoms. The van der Waals surface area contributed by atoms with E-state index in [0.717, 1.165) is 4.31 Å². The first kappa shape index (κ1) is 21.9. The van der Waals surface area contributed by atoms with E-state index in [4.69, 9.17) is 11.6 Å². The summed E-state index contributed by atoms with van der Waals surface area (Å²) in [6.07, 6.45) is 3.30. The Morgan fingerprint density at radius 3 is 2.43 bits per heavy atom. The molecule has 2 aromatic carbocycles. The van der Waals surface area contributed by atoms with Crippen LogP contribution in [0.25, 0.3) is 0 Å². The van der Waals surface area contributed by atoms with Crippen LogP contribution >= 0.6 is 11.6 Å². The molecule has 0 fully saturated rings. The average Bonchev–Trinajstić information content (AvgIpc) is 3.12. The summed E-state index contributed by atoms with van der Waals surface area (Å²) < 4.78 is 41.0. The van der Waals surface area contributed by atoms with E-state index in [1.807, 2.05) is 0 Å². The van der Waals surface area contributed by atoms with Crippen LogP contribution in [0.1, 0.15) is 27.8 Å². The third-order valence-corrected chi connectivity index (χ3v) is 6.70. The fraction of sp³-hybridized carbons (Fsp3) is 0.200. The number of carbonyl (C=O) groups excluding carboxylic acids is 1. The maximum absolute atomic E-state index is 13.4. The number of carbonyl (C=O) groups is 1. The molecule has 30 heavy (non-hydrogen) atoms. The van der Waals surface area contributed by atoms with Crippen molar-refractivity contribution < 1.29 is 17.6 Å². The first-order valence-electron chi connectivity index (χ1n) is 8.87. The zero-order chi connectivity index (χ0) is 22.1. The van der Waals surface area contributed by atoms with Gasteiger partial charge in [-0.15, -0.1) is 0 Å². The zero-order valence-electron chi connectivity index (χ0n) is 16.5. The summed E-state index contributed by atoms with van der Waals surface area (Å²) >= 11 is 6.19. The number of aromatic nitrogens is 2. The Morgan fingerprint density at radius 2 is 1.87 bits per heavy atom. The molecule has 0 bridgehead atoms. The van der Waals surface area contributed by atoms with E-state index in [1.165, 1.54) is 44.4 Å². The number of nitrogens with zero attached hydrogens (tertiary/aromatic N) is 3. The molecule has 0 aliphatic carbocycles. The number of nitrogens with one attached hydrogen (secondary N) is 1. The van der Waals surface area contributed by atoms with Crippen LogP contribution in [-0.2, 0) is 17.1 Å². The number of rotatable bonds is 6. The summed E-state index contributed by atoms with van der Waals surface area (Å²) in [5, 5.41) is 2.92. The molecular formula is C20H20ClFN4O3S. The fourth-order valence-electron chi connectivity index (χ4n) is 2.87. The second-order valence-electron chi connectivity index (χ2n) is 6.78. The highest BCUT2D eigenvalue weighted by Gasteiger charge is 2.25. The van der Waals surface area contributed by atoms with Crippen LogP contribution in [0.15, 0.2) is 59.8 Å². The molecule has 0 unspecified atom stereocenters. The Hall–Kier alpha value is -2.75. The minimum absolute atomic E-state index is 0.000845. The second kappa shape index (κ2) is 8.55. The lowest BCUT2D eigenvalue weighted by Crippen LogP contribution is -2.31. The Morgan fingerprint density at radius 1 is 1.20 bits per heavy atom. The molecule has 0 saturated carbocycles. The highest BCUT2D eigenvalue weighted by atomic mass is 35.5. The van der Waals surface area contributed by atoms with Crippen molar-refractivity contribution in [2.45, 2.75) is 10.9 Å². The minimum atomic E-state index is -3.75. The average molecular weight is 451 g/mol. The quantitative estimate of drug-likeness (QED) is 0.625. The van der Waals surface area contributed by atoms with Gasteiger partial charge >= 0.3 is 0 Å². The van der Waals surface area contributed by atoms with Gasteiger partial charge in [0.15, 0.2) is 0 Å². The van der Waals surface area contributed by atoms with Gasteiger partial charge in [0.2, 0.25) is 10.0 Å². The SMILES string of the molecule is CN(C)S(=O)(=O)c1ccc(Cl)c(C(=O)N[C@H](c2ccc(F)cc2)c2nccn2C)c1. The van der Waals surface area contributed by atoms with Gasteiger partial charge in [-0.25, -0.2) is 22.1 Å². The molecule has 3 aromatic rings. The minimum Gasteiger partial charge on any atom is -0.338 e. The molecule has 1 aromatic heterocycles. The van der Waals surface area contributed by atoms with Crippen LogP contribution in [0.3, 0.4) is 0 Å². The third kappa shape index (κ3) is 4.38. The highest BCUT2D eigenvalue weighted by Crippen LogP contribution is 2.25. The van der Waals surface area contributed by atoms with Crippen molar-refractivity contribution in [1.29, 1.82) is 0 Å². The highest BCUT2D eigenvalue weighted by molar-refractivity contribution is 7.89. The summed E-state index contributed by atoms with van der Waals surface area (Å²) in [7, 11) is 0.814. The predicted octanol–water partition coefficient (Wildman–Crippen LogP) is 2.98. The number of amides is 1. The number of sulfonamides is 1. The molecule has 1 heterocycles. The number of hydrogen-bond donors (Lipinski definition) is 1. The zero-order valence-corrected chi connectivity index (χ0v) is 18.1. The van der Waals surface area contributed by atoms with Crippen LogP contribution < -0.4 is 5.32 Å². The van der Waals surface area contributed by atoms with E-state index in [1.54, 1.807) is 36.1 Å². The maximum atomic E-state index is 13.4. The van der Waals surface area contributed by atoms with Crippen LogP contribution in [0.5, 0.6) is 0 Å². The third-order valence-electron chi connectivity index (χ3n) is 4.56. The molecule has 0 aliphatic heterocycles. The molecule has 0 aliphatic rings. The van der Waals surface area contributed by atoms with E-state index in [2.05, 4.69) is 10.3 Å². The lowest BCUT2D eigenvalue weighted by molar-refractivity contribution is 0.0941. The Kier molecular flexibility index (Phi) is 6.25. The van der Waals surface area contributed by atoms with Gasteiger partial charge in [0.1, 0.15) is 17.7 Å². The molecule has 0 saturated heterocycles. The molecule has 3 rings (SSSR count). The number of imidazole rings is 1. The standard InChI is InChI=1S/C20H20ClFN4O3S/c1-25(2)30(28,29)15-8-9-17(21)16(12-15)20(27)24-18(19-23-10-11-26(19)3)13-4-6-14(22)7-5-13/h4-12,18H,1-3H3,(H,24,27)/t18-/m1/s1. The van der Waals surface area contributed by atoms with Gasteiger partial charge in [0.05, 0.1) is 15.5 Å². The summed E-state index contributed by atoms with van der Waals surface area (Å²) in [6, 6.07) is 8.89. The van der Waals surface area contributed by atoms with Crippen LogP contribution in [0.4, 0.5) is 4.39 Å². The lowest BCUT2D eigenvalue weighted by atomic mass is 10.1. The van der Waals surface area contributed by atoms with Crippen molar-refractivity contribution in [3.63, 3.8) is 0 Å². The molecule has 1 amide bonds. The van der Waals surface area contributed by atoms with Crippen molar-refractivity contribution in [3.8, 4) is 0 Å².